The molecular weight excluding hydrogens is 635 g/mol. The van der Waals surface area contributed by atoms with Gasteiger partial charge in [0.1, 0.15) is 0 Å². The molecule has 0 bridgehead atoms. The second-order valence-corrected chi connectivity index (χ2v) is 15.8. The summed E-state index contributed by atoms with van der Waals surface area (Å²) in [7, 11) is 10.7. The van der Waals surface area contributed by atoms with Gasteiger partial charge in [0, 0.05) is 0 Å². The Morgan fingerprint density at radius 3 is 2.27 bits per heavy atom. The predicted octanol–water partition coefficient (Wildman–Crippen LogP) is 10.1. The minimum absolute atomic E-state index is 0.537. The first-order chi connectivity index (χ1) is 20.0. The summed E-state index contributed by atoms with van der Waals surface area (Å²) in [6.45, 7) is 9.15. The van der Waals surface area contributed by atoms with Crippen LogP contribution in [0.3, 0.4) is 0 Å². The molecule has 0 nitrogen and oxygen atoms in total. The summed E-state index contributed by atoms with van der Waals surface area (Å²) in [4.78, 5) is 0. The van der Waals surface area contributed by atoms with Crippen molar-refractivity contribution in [3.8, 4) is 22.3 Å². The minimum Gasteiger partial charge on any atom is -0.184 e. The molecule has 0 unspecified atom stereocenters. The van der Waals surface area contributed by atoms with Crippen molar-refractivity contribution in [2.24, 2.45) is 0 Å². The van der Waals surface area contributed by atoms with Gasteiger partial charge in [0.25, 0.3) is 0 Å². The zero-order chi connectivity index (χ0) is 29.2. The first-order valence-electron chi connectivity index (χ1n) is 14.7. The minimum atomic E-state index is -0.826. The summed E-state index contributed by atoms with van der Waals surface area (Å²) < 4.78 is 0. The van der Waals surface area contributed by atoms with Gasteiger partial charge < -0.3 is 0 Å². The normalized spacial score (nSPS) is 11.2. The van der Waals surface area contributed by atoms with Crippen LogP contribution < -0.4 is 10.4 Å². The van der Waals surface area contributed by atoms with Crippen molar-refractivity contribution in [3.05, 3.63) is 114 Å². The quantitative estimate of drug-likeness (QED) is 0.117. The van der Waals surface area contributed by atoms with Crippen LogP contribution >= 0.6 is 17.0 Å². The first kappa shape index (κ1) is 32.1. The zero-order valence-corrected chi connectivity index (χ0v) is 29.5. The van der Waals surface area contributed by atoms with Gasteiger partial charge in [-0.25, -0.2) is 0 Å². The molecule has 1 aliphatic rings. The van der Waals surface area contributed by atoms with E-state index >= 15 is 0 Å². The number of benzene rings is 4. The molecule has 0 saturated carbocycles. The molecule has 4 heteroatoms. The second-order valence-electron chi connectivity index (χ2n) is 10.8. The summed E-state index contributed by atoms with van der Waals surface area (Å²) in [5.41, 5.74) is 10.1. The van der Waals surface area contributed by atoms with Crippen molar-refractivity contribution in [2.75, 3.05) is 0 Å². The Balaban J connectivity index is 0.000000200. The van der Waals surface area contributed by atoms with Crippen LogP contribution in [0.15, 0.2) is 91.0 Å². The van der Waals surface area contributed by atoms with Crippen molar-refractivity contribution >= 4 is 47.7 Å². The molecule has 0 atom stereocenters. The van der Waals surface area contributed by atoms with Gasteiger partial charge in [-0.2, -0.15) is 35.5 Å². The largest absolute Gasteiger partial charge is 0.184 e. The molecule has 0 N–H and O–H groups in total. The maximum Gasteiger partial charge on any atom is 0.0920 e. The summed E-state index contributed by atoms with van der Waals surface area (Å²) in [5.74, 6) is 0.537. The maximum absolute atomic E-state index is 4.93. The van der Waals surface area contributed by atoms with E-state index in [0.717, 1.165) is 15.9 Å². The van der Waals surface area contributed by atoms with Crippen LogP contribution in [0.1, 0.15) is 69.6 Å². The summed E-state index contributed by atoms with van der Waals surface area (Å²) in [5, 5.41) is 5.67. The molecule has 0 amide bonds. The van der Waals surface area contributed by atoms with Crippen LogP contribution in [0, 0.1) is 6.07 Å². The smallest absolute Gasteiger partial charge is 0.0920 e. The number of halogens is 2. The van der Waals surface area contributed by atoms with E-state index in [2.05, 4.69) is 119 Å². The molecule has 0 aliphatic carbocycles. The van der Waals surface area contributed by atoms with Crippen LogP contribution in [-0.4, -0.2) is 9.52 Å². The number of unbranched alkanes of at least 4 members (excludes halogenated alkanes) is 1. The second kappa shape index (κ2) is 16.1. The van der Waals surface area contributed by atoms with Crippen molar-refractivity contribution in [3.63, 3.8) is 0 Å². The first-order valence-corrected chi connectivity index (χ1v) is 22.0. The molecule has 5 aromatic rings. The molecule has 208 valence electrons. The van der Waals surface area contributed by atoms with E-state index in [1.54, 1.807) is 0 Å². The summed E-state index contributed by atoms with van der Waals surface area (Å²) in [6.07, 6.45) is 6.06. The van der Waals surface area contributed by atoms with E-state index in [0.29, 0.717) is 5.92 Å². The molecule has 6 rings (SSSR count). The fourth-order valence-corrected chi connectivity index (χ4v) is 6.97. The Kier molecular flexibility index (Phi) is 12.6. The van der Waals surface area contributed by atoms with Gasteiger partial charge in [0.2, 0.25) is 0 Å². The van der Waals surface area contributed by atoms with Gasteiger partial charge in [-0.15, -0.1) is 40.1 Å². The molecule has 0 aromatic heterocycles. The standard InChI is InChI=1S/C25H31.C12H7Si.2ClH.Zr/c1-5-7-11-19-16-21-15-14-20(10-6-2)25(24(21)17-19)23-13-9-8-12-22(23)18(3)4;1-3-7-11-9(5-1)10-6-2-4-8-12(10)13-11;;;/h8-9,12-18H,5-7,10-11H2,1-4H3;1-7H;2*1H;/q2*-1;;;+4/p-2. The summed E-state index contributed by atoms with van der Waals surface area (Å²) >= 11 is -0.826. The number of hydrogen-bond acceptors (Lipinski definition) is 0. The SMILES string of the molecule is CCCCc1cc2c(-c3ccccc3C(C)C)c(CCC)ccc2[cH-]1.[Cl][Zr+2][Cl].[c-]1cccc2c1[Si]c1ccccc1-2. The van der Waals surface area contributed by atoms with E-state index < -0.39 is 20.8 Å². The third-order valence-corrected chi connectivity index (χ3v) is 8.93. The topological polar surface area (TPSA) is 0 Å². The van der Waals surface area contributed by atoms with Crippen molar-refractivity contribution in [2.45, 2.75) is 65.7 Å². The van der Waals surface area contributed by atoms with Crippen LogP contribution in [0.4, 0.5) is 0 Å². The molecule has 2 radical (unpaired) electrons. The monoisotopic (exact) mass is 670 g/mol. The van der Waals surface area contributed by atoms with E-state index in [4.69, 9.17) is 17.0 Å². The summed E-state index contributed by atoms with van der Waals surface area (Å²) in [6, 6.07) is 36.7. The third-order valence-electron chi connectivity index (χ3n) is 7.56. The van der Waals surface area contributed by atoms with Gasteiger partial charge in [0.05, 0.1) is 9.52 Å². The van der Waals surface area contributed by atoms with E-state index in [1.807, 2.05) is 6.07 Å². The Bertz CT molecular complexity index is 1510. The third kappa shape index (κ3) is 7.97. The Morgan fingerprint density at radius 2 is 1.54 bits per heavy atom. The van der Waals surface area contributed by atoms with Crippen LogP contribution in [0.5, 0.6) is 0 Å². The molecule has 5 aromatic carbocycles. The van der Waals surface area contributed by atoms with Gasteiger partial charge in [-0.1, -0.05) is 117 Å². The van der Waals surface area contributed by atoms with Gasteiger partial charge in [0.15, 0.2) is 0 Å². The number of aryl methyl sites for hydroxylation is 2. The van der Waals surface area contributed by atoms with Crippen LogP contribution in [-0.2, 0) is 33.7 Å². The Labute approximate surface area is 268 Å². The molecule has 1 aliphatic heterocycles. The number of hydrogen-bond donors (Lipinski definition) is 0. The van der Waals surface area contributed by atoms with Gasteiger partial charge in [-0.05, 0) is 29.9 Å². The Morgan fingerprint density at radius 1 is 0.829 bits per heavy atom. The van der Waals surface area contributed by atoms with Crippen LogP contribution in [0.25, 0.3) is 33.0 Å². The molecular formula is C37H38Cl2SiZr. The zero-order valence-electron chi connectivity index (χ0n) is 24.5. The molecule has 0 spiro atoms. The number of rotatable bonds is 7. The van der Waals surface area contributed by atoms with Crippen molar-refractivity contribution < 1.29 is 20.8 Å². The molecule has 0 saturated heterocycles. The fourth-order valence-electron chi connectivity index (χ4n) is 5.66. The average molecular weight is 673 g/mol. The fraction of sp³-hybridized carbons (Fsp3) is 0.270. The predicted molar refractivity (Wildman–Crippen MR) is 179 cm³/mol. The van der Waals surface area contributed by atoms with Gasteiger partial charge >= 0.3 is 37.9 Å². The van der Waals surface area contributed by atoms with Crippen LogP contribution in [0.2, 0.25) is 0 Å². The van der Waals surface area contributed by atoms with Crippen molar-refractivity contribution in [1.82, 2.24) is 0 Å². The number of fused-ring (bicyclic) bond motifs is 4. The van der Waals surface area contributed by atoms with Gasteiger partial charge in [-0.3, -0.25) is 0 Å². The van der Waals surface area contributed by atoms with E-state index in [9.17, 15) is 0 Å². The average Bonchev–Trinajstić information content (AvgIpc) is 3.58. The van der Waals surface area contributed by atoms with E-state index in [-0.39, 0.29) is 0 Å². The maximum atomic E-state index is 4.93. The molecule has 41 heavy (non-hydrogen) atoms. The molecule has 0 fully saturated rings. The van der Waals surface area contributed by atoms with Crippen molar-refractivity contribution in [1.29, 1.82) is 0 Å². The Hall–Kier alpha value is -1.83. The van der Waals surface area contributed by atoms with E-state index in [1.165, 1.54) is 85.8 Å². The molecule has 1 heterocycles.